The SMILES string of the molecule is CCOC(OCC)C1CCCO1. The fraction of sp³-hybridized carbons (Fsp3) is 1.00. The van der Waals surface area contributed by atoms with Crippen LogP contribution in [-0.4, -0.2) is 32.2 Å². The lowest BCUT2D eigenvalue weighted by Crippen LogP contribution is -2.31. The molecule has 1 heterocycles. The molecule has 0 bridgehead atoms. The number of rotatable bonds is 5. The molecule has 1 unspecified atom stereocenters. The third kappa shape index (κ3) is 2.73. The van der Waals surface area contributed by atoms with Crippen LogP contribution >= 0.6 is 0 Å². The predicted octanol–water partition coefficient (Wildman–Crippen LogP) is 1.56. The van der Waals surface area contributed by atoms with Gasteiger partial charge in [0.15, 0.2) is 6.29 Å². The van der Waals surface area contributed by atoms with Crippen LogP contribution in [-0.2, 0) is 14.2 Å². The van der Waals surface area contributed by atoms with E-state index in [-0.39, 0.29) is 12.4 Å². The molecule has 1 atom stereocenters. The molecule has 0 aromatic carbocycles. The third-order valence-corrected chi connectivity index (χ3v) is 1.93. The van der Waals surface area contributed by atoms with Gasteiger partial charge in [0.1, 0.15) is 6.10 Å². The topological polar surface area (TPSA) is 27.7 Å². The Balaban J connectivity index is 2.29. The summed E-state index contributed by atoms with van der Waals surface area (Å²) in [7, 11) is 0. The second-order valence-corrected chi connectivity index (χ2v) is 2.83. The Bertz CT molecular complexity index is 104. The van der Waals surface area contributed by atoms with Gasteiger partial charge in [0.25, 0.3) is 0 Å². The van der Waals surface area contributed by atoms with Crippen molar-refractivity contribution in [2.45, 2.75) is 39.1 Å². The Morgan fingerprint density at radius 2 is 2.00 bits per heavy atom. The summed E-state index contributed by atoms with van der Waals surface area (Å²) >= 11 is 0. The Kier molecular flexibility index (Phi) is 4.58. The van der Waals surface area contributed by atoms with E-state index in [2.05, 4.69) is 0 Å². The van der Waals surface area contributed by atoms with Crippen molar-refractivity contribution in [2.75, 3.05) is 19.8 Å². The maximum absolute atomic E-state index is 5.47. The van der Waals surface area contributed by atoms with Gasteiger partial charge in [0.2, 0.25) is 0 Å². The highest BCUT2D eigenvalue weighted by Gasteiger charge is 2.26. The van der Waals surface area contributed by atoms with Crippen molar-refractivity contribution in [1.29, 1.82) is 0 Å². The molecule has 1 rings (SSSR count). The first-order chi connectivity index (χ1) is 5.88. The van der Waals surface area contributed by atoms with Gasteiger partial charge in [-0.3, -0.25) is 0 Å². The molecule has 72 valence electrons. The van der Waals surface area contributed by atoms with Crippen LogP contribution in [0.25, 0.3) is 0 Å². The van der Waals surface area contributed by atoms with Gasteiger partial charge in [0, 0.05) is 19.8 Å². The van der Waals surface area contributed by atoms with E-state index in [1.807, 2.05) is 13.8 Å². The fourth-order valence-electron chi connectivity index (χ4n) is 1.41. The number of hydrogen-bond acceptors (Lipinski definition) is 3. The molecule has 1 saturated heterocycles. The smallest absolute Gasteiger partial charge is 0.183 e. The molecule has 3 heteroatoms. The maximum atomic E-state index is 5.47. The summed E-state index contributed by atoms with van der Waals surface area (Å²) in [5.41, 5.74) is 0. The molecule has 1 fully saturated rings. The normalized spacial score (nSPS) is 23.8. The lowest BCUT2D eigenvalue weighted by Gasteiger charge is -2.22. The van der Waals surface area contributed by atoms with Crippen LogP contribution in [0.1, 0.15) is 26.7 Å². The zero-order valence-electron chi connectivity index (χ0n) is 7.91. The van der Waals surface area contributed by atoms with Crippen molar-refractivity contribution in [3.8, 4) is 0 Å². The summed E-state index contributed by atoms with van der Waals surface area (Å²) in [5.74, 6) is 0. The van der Waals surface area contributed by atoms with Crippen LogP contribution in [0.5, 0.6) is 0 Å². The summed E-state index contributed by atoms with van der Waals surface area (Å²) in [5, 5.41) is 0. The van der Waals surface area contributed by atoms with Gasteiger partial charge in [-0.1, -0.05) is 0 Å². The van der Waals surface area contributed by atoms with Gasteiger partial charge in [-0.25, -0.2) is 0 Å². The average Bonchev–Trinajstić information content (AvgIpc) is 2.56. The summed E-state index contributed by atoms with van der Waals surface area (Å²) in [4.78, 5) is 0. The first kappa shape index (κ1) is 9.96. The van der Waals surface area contributed by atoms with Crippen molar-refractivity contribution >= 4 is 0 Å². The lowest BCUT2D eigenvalue weighted by atomic mass is 10.2. The molecule has 12 heavy (non-hydrogen) atoms. The van der Waals surface area contributed by atoms with Crippen LogP contribution in [0, 0.1) is 0 Å². The number of ether oxygens (including phenoxy) is 3. The minimum atomic E-state index is -0.150. The second-order valence-electron chi connectivity index (χ2n) is 2.83. The van der Waals surface area contributed by atoms with Crippen molar-refractivity contribution in [3.63, 3.8) is 0 Å². The van der Waals surface area contributed by atoms with Crippen LogP contribution in [0.15, 0.2) is 0 Å². The monoisotopic (exact) mass is 174 g/mol. The van der Waals surface area contributed by atoms with Crippen LogP contribution in [0.2, 0.25) is 0 Å². The van der Waals surface area contributed by atoms with E-state index in [1.54, 1.807) is 0 Å². The van der Waals surface area contributed by atoms with Gasteiger partial charge >= 0.3 is 0 Å². The van der Waals surface area contributed by atoms with Gasteiger partial charge < -0.3 is 14.2 Å². The zero-order valence-corrected chi connectivity index (χ0v) is 7.91. The minimum Gasteiger partial charge on any atom is -0.373 e. The van der Waals surface area contributed by atoms with Crippen molar-refractivity contribution < 1.29 is 14.2 Å². The summed E-state index contributed by atoms with van der Waals surface area (Å²) < 4.78 is 16.3. The highest BCUT2D eigenvalue weighted by molar-refractivity contribution is 4.68. The molecule has 0 N–H and O–H groups in total. The molecule has 0 saturated carbocycles. The average molecular weight is 174 g/mol. The molecule has 0 aromatic heterocycles. The van der Waals surface area contributed by atoms with Crippen LogP contribution < -0.4 is 0 Å². The molecule has 0 spiro atoms. The molecule has 0 aromatic rings. The fourth-order valence-corrected chi connectivity index (χ4v) is 1.41. The first-order valence-corrected chi connectivity index (χ1v) is 4.73. The Morgan fingerprint density at radius 1 is 1.33 bits per heavy atom. The summed E-state index contributed by atoms with van der Waals surface area (Å²) in [6.07, 6.45) is 2.19. The van der Waals surface area contributed by atoms with E-state index in [0.717, 1.165) is 19.4 Å². The zero-order chi connectivity index (χ0) is 8.81. The Morgan fingerprint density at radius 3 is 2.42 bits per heavy atom. The first-order valence-electron chi connectivity index (χ1n) is 4.73. The molecule has 0 radical (unpaired) electrons. The molecular weight excluding hydrogens is 156 g/mol. The predicted molar refractivity (Wildman–Crippen MR) is 46.0 cm³/mol. The molecule has 1 aliphatic rings. The molecule has 3 nitrogen and oxygen atoms in total. The standard InChI is InChI=1S/C9H18O3/c1-3-10-9(11-4-2)8-6-5-7-12-8/h8-9H,3-7H2,1-2H3. The van der Waals surface area contributed by atoms with E-state index < -0.39 is 0 Å². The van der Waals surface area contributed by atoms with Gasteiger partial charge in [0.05, 0.1) is 0 Å². The molecule has 0 amide bonds. The highest BCUT2D eigenvalue weighted by atomic mass is 16.7. The molecular formula is C9H18O3. The van der Waals surface area contributed by atoms with Crippen molar-refractivity contribution in [3.05, 3.63) is 0 Å². The molecule has 0 aliphatic carbocycles. The van der Waals surface area contributed by atoms with E-state index in [0.29, 0.717) is 13.2 Å². The third-order valence-electron chi connectivity index (χ3n) is 1.93. The van der Waals surface area contributed by atoms with Crippen molar-refractivity contribution in [1.82, 2.24) is 0 Å². The van der Waals surface area contributed by atoms with E-state index in [9.17, 15) is 0 Å². The maximum Gasteiger partial charge on any atom is 0.183 e. The second kappa shape index (κ2) is 5.51. The van der Waals surface area contributed by atoms with Crippen molar-refractivity contribution in [2.24, 2.45) is 0 Å². The largest absolute Gasteiger partial charge is 0.373 e. The summed E-state index contributed by atoms with van der Waals surface area (Å²) in [6.45, 7) is 6.16. The minimum absolute atomic E-state index is 0.150. The van der Waals surface area contributed by atoms with Crippen LogP contribution in [0.3, 0.4) is 0 Å². The van der Waals surface area contributed by atoms with E-state index >= 15 is 0 Å². The highest BCUT2D eigenvalue weighted by Crippen LogP contribution is 2.18. The quantitative estimate of drug-likeness (QED) is 0.592. The van der Waals surface area contributed by atoms with Crippen LogP contribution in [0.4, 0.5) is 0 Å². The van der Waals surface area contributed by atoms with Gasteiger partial charge in [-0.05, 0) is 26.7 Å². The number of hydrogen-bond donors (Lipinski definition) is 0. The van der Waals surface area contributed by atoms with E-state index in [1.165, 1.54) is 0 Å². The Hall–Kier alpha value is -0.120. The lowest BCUT2D eigenvalue weighted by molar-refractivity contribution is -0.191. The van der Waals surface area contributed by atoms with E-state index in [4.69, 9.17) is 14.2 Å². The summed E-state index contributed by atoms with van der Waals surface area (Å²) in [6, 6.07) is 0. The van der Waals surface area contributed by atoms with Gasteiger partial charge in [-0.15, -0.1) is 0 Å². The molecule has 1 aliphatic heterocycles. The van der Waals surface area contributed by atoms with Gasteiger partial charge in [-0.2, -0.15) is 0 Å². The Labute approximate surface area is 74.0 Å².